The first-order valence-corrected chi connectivity index (χ1v) is 5.54. The average molecular weight is 249 g/mol. The molecule has 4 heteroatoms. The monoisotopic (exact) mass is 249 g/mol. The van der Waals surface area contributed by atoms with Crippen molar-refractivity contribution in [3.8, 4) is 5.75 Å². The summed E-state index contributed by atoms with van der Waals surface area (Å²) in [4.78, 5) is 0. The number of rotatable bonds is 4. The van der Waals surface area contributed by atoms with Crippen LogP contribution in [0.2, 0.25) is 0 Å². The van der Waals surface area contributed by atoms with Gasteiger partial charge in [-0.15, -0.1) is 0 Å². The summed E-state index contributed by atoms with van der Waals surface area (Å²) in [5, 5.41) is 0. The summed E-state index contributed by atoms with van der Waals surface area (Å²) in [5.41, 5.74) is 6.54. The normalized spacial score (nSPS) is 12.2. The number of hydrogen-bond donors (Lipinski definition) is 1. The maximum Gasteiger partial charge on any atom is 0.123 e. The zero-order valence-corrected chi connectivity index (χ0v) is 9.64. The molecule has 1 atom stereocenters. The molecule has 2 aromatic carbocycles. The zero-order valence-electron chi connectivity index (χ0n) is 9.64. The van der Waals surface area contributed by atoms with Gasteiger partial charge < -0.3 is 10.5 Å². The Morgan fingerprint density at radius 3 is 2.39 bits per heavy atom. The summed E-state index contributed by atoms with van der Waals surface area (Å²) >= 11 is 0. The van der Waals surface area contributed by atoms with Gasteiger partial charge in [0.25, 0.3) is 0 Å². The van der Waals surface area contributed by atoms with Gasteiger partial charge in [0.05, 0.1) is 6.04 Å². The van der Waals surface area contributed by atoms with Gasteiger partial charge in [0.1, 0.15) is 24.0 Å². The SMILES string of the molecule is NC(COc1ccc(F)cc1)c1cccc(F)c1. The van der Waals surface area contributed by atoms with E-state index < -0.39 is 6.04 Å². The van der Waals surface area contributed by atoms with Crippen molar-refractivity contribution in [3.05, 3.63) is 65.7 Å². The molecule has 0 aliphatic rings. The Bertz CT molecular complexity index is 513. The summed E-state index contributed by atoms with van der Waals surface area (Å²) in [7, 11) is 0. The fourth-order valence-electron chi connectivity index (χ4n) is 1.55. The number of ether oxygens (including phenoxy) is 1. The lowest BCUT2D eigenvalue weighted by Gasteiger charge is -2.13. The molecule has 18 heavy (non-hydrogen) atoms. The van der Waals surface area contributed by atoms with Crippen LogP contribution in [-0.4, -0.2) is 6.61 Å². The Morgan fingerprint density at radius 2 is 1.72 bits per heavy atom. The molecule has 2 nitrogen and oxygen atoms in total. The first-order chi connectivity index (χ1) is 8.65. The summed E-state index contributed by atoms with van der Waals surface area (Å²) in [5.74, 6) is -0.121. The highest BCUT2D eigenvalue weighted by Crippen LogP contribution is 2.16. The highest BCUT2D eigenvalue weighted by Gasteiger charge is 2.07. The van der Waals surface area contributed by atoms with Gasteiger partial charge in [-0.1, -0.05) is 12.1 Å². The van der Waals surface area contributed by atoms with E-state index in [1.54, 1.807) is 12.1 Å². The molecule has 1 unspecified atom stereocenters. The van der Waals surface area contributed by atoms with Crippen LogP contribution in [0, 0.1) is 11.6 Å². The number of nitrogens with two attached hydrogens (primary N) is 1. The third kappa shape index (κ3) is 3.28. The van der Waals surface area contributed by atoms with E-state index in [1.165, 1.54) is 36.4 Å². The average Bonchev–Trinajstić information content (AvgIpc) is 2.38. The smallest absolute Gasteiger partial charge is 0.123 e. The van der Waals surface area contributed by atoms with Gasteiger partial charge in [-0.3, -0.25) is 0 Å². The molecule has 0 aliphatic heterocycles. The van der Waals surface area contributed by atoms with E-state index in [1.807, 2.05) is 0 Å². The summed E-state index contributed by atoms with van der Waals surface area (Å²) < 4.78 is 31.1. The minimum Gasteiger partial charge on any atom is -0.492 e. The fraction of sp³-hybridized carbons (Fsp3) is 0.143. The third-order valence-corrected chi connectivity index (χ3v) is 2.52. The van der Waals surface area contributed by atoms with Gasteiger partial charge in [-0.2, -0.15) is 0 Å². The first kappa shape index (κ1) is 12.5. The van der Waals surface area contributed by atoms with Gasteiger partial charge in [-0.05, 0) is 42.0 Å². The second-order valence-corrected chi connectivity index (χ2v) is 3.93. The van der Waals surface area contributed by atoms with Crippen LogP contribution in [0.1, 0.15) is 11.6 Å². The molecule has 2 N–H and O–H groups in total. The van der Waals surface area contributed by atoms with Gasteiger partial charge in [-0.25, -0.2) is 8.78 Å². The molecule has 0 saturated carbocycles. The van der Waals surface area contributed by atoms with Crippen LogP contribution in [0.15, 0.2) is 48.5 Å². The Labute approximate surface area is 104 Å². The molecular formula is C14H13F2NO. The van der Waals surface area contributed by atoms with Crippen LogP contribution in [-0.2, 0) is 0 Å². The van der Waals surface area contributed by atoms with E-state index in [4.69, 9.17) is 10.5 Å². The Balaban J connectivity index is 1.96. The Hall–Kier alpha value is -1.94. The molecule has 0 amide bonds. The minimum absolute atomic E-state index is 0.203. The van der Waals surface area contributed by atoms with E-state index in [2.05, 4.69) is 0 Å². The van der Waals surface area contributed by atoms with Gasteiger partial charge in [0, 0.05) is 0 Å². The van der Waals surface area contributed by atoms with E-state index in [0.29, 0.717) is 11.3 Å². The highest BCUT2D eigenvalue weighted by molar-refractivity contribution is 5.23. The topological polar surface area (TPSA) is 35.2 Å². The summed E-state index contributed by atoms with van der Waals surface area (Å²) in [6.45, 7) is 0.203. The fourth-order valence-corrected chi connectivity index (χ4v) is 1.55. The largest absolute Gasteiger partial charge is 0.492 e. The van der Waals surface area contributed by atoms with Crippen LogP contribution in [0.3, 0.4) is 0 Å². The van der Waals surface area contributed by atoms with Crippen molar-refractivity contribution in [2.24, 2.45) is 5.73 Å². The van der Waals surface area contributed by atoms with Crippen molar-refractivity contribution in [2.45, 2.75) is 6.04 Å². The van der Waals surface area contributed by atoms with Crippen molar-refractivity contribution in [3.63, 3.8) is 0 Å². The second kappa shape index (κ2) is 5.60. The molecule has 0 aliphatic carbocycles. The maximum atomic E-state index is 13.0. The molecular weight excluding hydrogens is 236 g/mol. The van der Waals surface area contributed by atoms with Crippen molar-refractivity contribution >= 4 is 0 Å². The van der Waals surface area contributed by atoms with E-state index >= 15 is 0 Å². The van der Waals surface area contributed by atoms with E-state index in [0.717, 1.165) is 0 Å². The van der Waals surface area contributed by atoms with E-state index in [-0.39, 0.29) is 18.2 Å². The van der Waals surface area contributed by atoms with Crippen molar-refractivity contribution in [2.75, 3.05) is 6.61 Å². The van der Waals surface area contributed by atoms with Crippen molar-refractivity contribution in [1.29, 1.82) is 0 Å². The quantitative estimate of drug-likeness (QED) is 0.903. The predicted molar refractivity (Wildman–Crippen MR) is 65.2 cm³/mol. The molecule has 2 rings (SSSR count). The predicted octanol–water partition coefficient (Wildman–Crippen LogP) is 3.04. The Morgan fingerprint density at radius 1 is 1.00 bits per heavy atom. The minimum atomic E-state index is -0.425. The number of hydrogen-bond acceptors (Lipinski definition) is 2. The van der Waals surface area contributed by atoms with Crippen molar-refractivity contribution in [1.82, 2.24) is 0 Å². The molecule has 0 aromatic heterocycles. The molecule has 2 aromatic rings. The first-order valence-electron chi connectivity index (χ1n) is 5.54. The maximum absolute atomic E-state index is 13.0. The van der Waals surface area contributed by atoms with Gasteiger partial charge >= 0.3 is 0 Å². The van der Waals surface area contributed by atoms with Gasteiger partial charge in [0.15, 0.2) is 0 Å². The van der Waals surface area contributed by atoms with E-state index in [9.17, 15) is 8.78 Å². The molecule has 0 fully saturated rings. The van der Waals surface area contributed by atoms with Gasteiger partial charge in [0.2, 0.25) is 0 Å². The standard InChI is InChI=1S/C14H13F2NO/c15-11-4-6-13(7-5-11)18-9-14(17)10-2-1-3-12(16)8-10/h1-8,14H,9,17H2. The molecule has 0 heterocycles. The molecule has 0 radical (unpaired) electrons. The molecule has 0 saturated heterocycles. The molecule has 0 spiro atoms. The third-order valence-electron chi connectivity index (χ3n) is 2.52. The number of benzene rings is 2. The van der Waals surface area contributed by atoms with Crippen LogP contribution < -0.4 is 10.5 Å². The molecule has 0 bridgehead atoms. The van der Waals surface area contributed by atoms with Crippen molar-refractivity contribution < 1.29 is 13.5 Å². The summed E-state index contributed by atoms with van der Waals surface area (Å²) in [6.07, 6.45) is 0. The lowest BCUT2D eigenvalue weighted by atomic mass is 10.1. The zero-order chi connectivity index (χ0) is 13.0. The lowest BCUT2D eigenvalue weighted by molar-refractivity contribution is 0.290. The van der Waals surface area contributed by atoms with Crippen LogP contribution in [0.25, 0.3) is 0 Å². The lowest BCUT2D eigenvalue weighted by Crippen LogP contribution is -2.19. The number of halogens is 2. The van der Waals surface area contributed by atoms with Crippen LogP contribution in [0.4, 0.5) is 8.78 Å². The Kier molecular flexibility index (Phi) is 3.89. The van der Waals surface area contributed by atoms with Crippen LogP contribution in [0.5, 0.6) is 5.75 Å². The van der Waals surface area contributed by atoms with Crippen LogP contribution >= 0.6 is 0 Å². The summed E-state index contributed by atoms with van der Waals surface area (Å²) in [6, 6.07) is 11.3. The second-order valence-electron chi connectivity index (χ2n) is 3.93. The highest BCUT2D eigenvalue weighted by atomic mass is 19.1. The molecule has 94 valence electrons.